The number of allylic oxidation sites excluding steroid dienone is 1. The van der Waals surface area contributed by atoms with Gasteiger partial charge in [0, 0.05) is 12.6 Å². The summed E-state index contributed by atoms with van der Waals surface area (Å²) < 4.78 is 16.6. The highest BCUT2D eigenvalue weighted by Gasteiger charge is 2.41. The van der Waals surface area contributed by atoms with E-state index >= 15 is 0 Å². The molecule has 0 bridgehead atoms. The Morgan fingerprint density at radius 3 is 2.38 bits per heavy atom. The van der Waals surface area contributed by atoms with Crippen molar-refractivity contribution in [2.75, 3.05) is 13.7 Å². The predicted octanol–water partition coefficient (Wildman–Crippen LogP) is 5.50. The fraction of sp³-hybridized carbons (Fsp3) is 0.393. The summed E-state index contributed by atoms with van der Waals surface area (Å²) in [4.78, 5) is 29.9. The van der Waals surface area contributed by atoms with Crippen molar-refractivity contribution >= 4 is 18.2 Å². The maximum Gasteiger partial charge on any atom is 0.338 e. The summed E-state index contributed by atoms with van der Waals surface area (Å²) in [6.45, 7) is 10.00. The number of methoxy groups -OCH3 is 1. The Hall–Kier alpha value is -3.41. The van der Waals surface area contributed by atoms with Crippen LogP contribution in [-0.4, -0.2) is 43.0 Å². The van der Waals surface area contributed by atoms with Crippen LogP contribution in [0.15, 0.2) is 53.5 Å². The molecule has 1 aliphatic rings. The van der Waals surface area contributed by atoms with Crippen LogP contribution in [0.25, 0.3) is 11.1 Å². The van der Waals surface area contributed by atoms with Gasteiger partial charge in [0.05, 0.1) is 19.3 Å². The molecule has 1 heterocycles. The molecule has 0 fully saturated rings. The molecule has 0 aliphatic carbocycles. The smallest absolute Gasteiger partial charge is 0.338 e. The molecule has 0 saturated carbocycles. The van der Waals surface area contributed by atoms with Crippen LogP contribution in [0, 0.1) is 6.92 Å². The molecular weight excluding hydrogens is 430 g/mol. The third-order valence-corrected chi connectivity index (χ3v) is 5.47. The van der Waals surface area contributed by atoms with E-state index in [-0.39, 0.29) is 12.4 Å². The highest BCUT2D eigenvalue weighted by atomic mass is 16.6. The topological polar surface area (TPSA) is 74.2 Å². The van der Waals surface area contributed by atoms with Gasteiger partial charge < -0.3 is 14.2 Å². The summed E-state index contributed by atoms with van der Waals surface area (Å²) in [5.41, 5.74) is 2.17. The Balaban J connectivity index is 2.05. The number of aliphatic imine (C=N–C) groups is 1. The molecule has 1 atom stereocenters. The number of nitrogens with zero attached hydrogens (tertiary/aromatic N) is 1. The first-order valence-electron chi connectivity index (χ1n) is 11.5. The molecule has 2 aromatic rings. The zero-order valence-corrected chi connectivity index (χ0v) is 20.8. The molecular formula is C28H33NO5. The number of ether oxygens (including phenoxy) is 3. The highest BCUT2D eigenvalue weighted by Crippen LogP contribution is 2.34. The second kappa shape index (κ2) is 10.2. The van der Waals surface area contributed by atoms with Crippen molar-refractivity contribution in [2.45, 2.75) is 58.6 Å². The largest absolute Gasteiger partial charge is 0.493 e. The maximum absolute atomic E-state index is 13.2. The summed E-state index contributed by atoms with van der Waals surface area (Å²) in [7, 11) is 1.37. The second-order valence-corrected chi connectivity index (χ2v) is 9.43. The van der Waals surface area contributed by atoms with Gasteiger partial charge in [0.2, 0.25) is 0 Å². The zero-order valence-electron chi connectivity index (χ0n) is 20.8. The molecule has 1 aliphatic heterocycles. The Labute approximate surface area is 201 Å². The van der Waals surface area contributed by atoms with Gasteiger partial charge in [-0.1, -0.05) is 25.1 Å². The van der Waals surface area contributed by atoms with Crippen molar-refractivity contribution in [3.63, 3.8) is 0 Å². The van der Waals surface area contributed by atoms with E-state index in [1.54, 1.807) is 18.4 Å². The Morgan fingerprint density at radius 1 is 1.06 bits per heavy atom. The van der Waals surface area contributed by atoms with E-state index in [1.165, 1.54) is 7.11 Å². The van der Waals surface area contributed by atoms with Gasteiger partial charge in [0.1, 0.15) is 11.4 Å². The first-order chi connectivity index (χ1) is 16.1. The van der Waals surface area contributed by atoms with E-state index in [9.17, 15) is 9.59 Å². The molecule has 3 rings (SSSR count). The Bertz CT molecular complexity index is 1110. The predicted molar refractivity (Wildman–Crippen MR) is 134 cm³/mol. The lowest BCUT2D eigenvalue weighted by molar-refractivity contribution is -0.159. The van der Waals surface area contributed by atoms with E-state index < -0.39 is 17.1 Å². The lowest BCUT2D eigenvalue weighted by Crippen LogP contribution is -2.41. The highest BCUT2D eigenvalue weighted by molar-refractivity contribution is 5.93. The van der Waals surface area contributed by atoms with Crippen LogP contribution in [-0.2, 0) is 20.7 Å². The number of hydrogen-bond donors (Lipinski definition) is 0. The fourth-order valence-electron chi connectivity index (χ4n) is 3.76. The molecule has 6 nitrogen and oxygen atoms in total. The number of carbonyl (C=O) groups is 2. The minimum Gasteiger partial charge on any atom is -0.493 e. The molecule has 0 aromatic heterocycles. The number of rotatable bonds is 8. The standard InChI is InChI=1S/C28H33NO5/c1-7-15-33-24-12-11-20(21-10-9-19(2)23(17-21)25(30)32-6)16-22(24)18-28(13-8-14-29-28)26(31)34-27(3,4)5/h8-14,16-17H,7,15,18H2,1-6H3. The molecule has 34 heavy (non-hydrogen) atoms. The van der Waals surface area contributed by atoms with Gasteiger partial charge in [-0.15, -0.1) is 0 Å². The normalized spacial score (nSPS) is 17.0. The molecule has 0 saturated heterocycles. The number of hydrogen-bond acceptors (Lipinski definition) is 6. The van der Waals surface area contributed by atoms with Crippen molar-refractivity contribution in [3.8, 4) is 16.9 Å². The van der Waals surface area contributed by atoms with Crippen LogP contribution < -0.4 is 4.74 Å². The van der Waals surface area contributed by atoms with Crippen molar-refractivity contribution in [3.05, 3.63) is 65.2 Å². The molecule has 180 valence electrons. The van der Waals surface area contributed by atoms with Gasteiger partial charge in [-0.2, -0.15) is 0 Å². The molecule has 0 radical (unpaired) electrons. The van der Waals surface area contributed by atoms with Gasteiger partial charge in [0.15, 0.2) is 5.54 Å². The Morgan fingerprint density at radius 2 is 1.76 bits per heavy atom. The van der Waals surface area contributed by atoms with E-state index in [1.807, 2.05) is 71.0 Å². The van der Waals surface area contributed by atoms with Gasteiger partial charge >= 0.3 is 11.9 Å². The third kappa shape index (κ3) is 5.74. The average molecular weight is 464 g/mol. The summed E-state index contributed by atoms with van der Waals surface area (Å²) >= 11 is 0. The van der Waals surface area contributed by atoms with Gasteiger partial charge in [-0.05, 0) is 86.7 Å². The van der Waals surface area contributed by atoms with E-state index in [2.05, 4.69) is 4.99 Å². The van der Waals surface area contributed by atoms with Crippen LogP contribution >= 0.6 is 0 Å². The average Bonchev–Trinajstić information content (AvgIpc) is 3.27. The minimum absolute atomic E-state index is 0.289. The summed E-state index contributed by atoms with van der Waals surface area (Å²) in [6, 6.07) is 11.5. The molecule has 0 amide bonds. The van der Waals surface area contributed by atoms with Crippen LogP contribution in [0.3, 0.4) is 0 Å². The van der Waals surface area contributed by atoms with Crippen LogP contribution in [0.4, 0.5) is 0 Å². The first kappa shape index (κ1) is 25.2. The summed E-state index contributed by atoms with van der Waals surface area (Å²) in [6.07, 6.45) is 6.32. The quantitative estimate of drug-likeness (QED) is 0.483. The van der Waals surface area contributed by atoms with E-state index in [0.29, 0.717) is 17.9 Å². The number of esters is 2. The molecule has 1 unspecified atom stereocenters. The third-order valence-electron chi connectivity index (χ3n) is 5.47. The van der Waals surface area contributed by atoms with Crippen molar-refractivity contribution in [2.24, 2.45) is 4.99 Å². The molecule has 0 N–H and O–H groups in total. The van der Waals surface area contributed by atoms with Crippen LogP contribution in [0.2, 0.25) is 0 Å². The van der Waals surface area contributed by atoms with Crippen molar-refractivity contribution < 1.29 is 23.8 Å². The molecule has 0 spiro atoms. The maximum atomic E-state index is 13.2. The number of benzene rings is 2. The van der Waals surface area contributed by atoms with Gasteiger partial charge in [-0.25, -0.2) is 9.59 Å². The van der Waals surface area contributed by atoms with Crippen LogP contribution in [0.5, 0.6) is 5.75 Å². The first-order valence-corrected chi connectivity index (χ1v) is 11.5. The van der Waals surface area contributed by atoms with Crippen molar-refractivity contribution in [1.82, 2.24) is 0 Å². The Kier molecular flexibility index (Phi) is 7.60. The monoisotopic (exact) mass is 463 g/mol. The van der Waals surface area contributed by atoms with Gasteiger partial charge in [0.25, 0.3) is 0 Å². The number of aryl methyl sites for hydroxylation is 1. The SMILES string of the molecule is CCCOc1ccc(-c2ccc(C)c(C(=O)OC)c2)cc1CC1(C(=O)OC(C)(C)C)C=CC=N1. The van der Waals surface area contributed by atoms with Crippen LogP contribution in [0.1, 0.15) is 55.6 Å². The second-order valence-electron chi connectivity index (χ2n) is 9.43. The molecule has 2 aromatic carbocycles. The lowest BCUT2D eigenvalue weighted by Gasteiger charge is -2.28. The fourth-order valence-corrected chi connectivity index (χ4v) is 3.76. The minimum atomic E-state index is -1.15. The zero-order chi connectivity index (χ0) is 24.9. The van der Waals surface area contributed by atoms with E-state index in [0.717, 1.165) is 28.7 Å². The van der Waals surface area contributed by atoms with E-state index in [4.69, 9.17) is 14.2 Å². The van der Waals surface area contributed by atoms with Gasteiger partial charge in [-0.3, -0.25) is 4.99 Å². The molecule has 6 heteroatoms. The lowest BCUT2D eigenvalue weighted by atomic mass is 9.89. The summed E-state index contributed by atoms with van der Waals surface area (Å²) in [5, 5.41) is 0. The summed E-state index contributed by atoms with van der Waals surface area (Å²) in [5.74, 6) is -0.0822. The number of carbonyl (C=O) groups excluding carboxylic acids is 2. The van der Waals surface area contributed by atoms with Crippen molar-refractivity contribution in [1.29, 1.82) is 0 Å².